The molecule has 1 aromatic carbocycles. The van der Waals surface area contributed by atoms with Gasteiger partial charge >= 0.3 is 13.1 Å². The van der Waals surface area contributed by atoms with Gasteiger partial charge in [-0.05, 0) is 49.3 Å². The summed E-state index contributed by atoms with van der Waals surface area (Å²) in [5.74, 6) is -0.545. The van der Waals surface area contributed by atoms with Gasteiger partial charge in [0, 0.05) is 12.1 Å². The quantitative estimate of drug-likeness (QED) is 0.426. The van der Waals surface area contributed by atoms with Gasteiger partial charge in [0.1, 0.15) is 11.3 Å². The Balaban J connectivity index is 2.43. The minimum atomic E-state index is -1.37. The van der Waals surface area contributed by atoms with Crippen LogP contribution in [-0.4, -0.2) is 42.4 Å². The molecule has 0 fully saturated rings. The number of likely N-dealkylation sites (N-methyl/N-ethyl adjacent to an activating group) is 1. The molecule has 0 amide bonds. The van der Waals surface area contributed by atoms with Crippen LogP contribution in [0.5, 0.6) is 5.75 Å². The molecule has 0 saturated heterocycles. The predicted molar refractivity (Wildman–Crippen MR) is 90.7 cm³/mol. The van der Waals surface area contributed by atoms with E-state index < -0.39 is 18.6 Å². The number of rotatable bonds is 8. The molecular weight excluding hydrogens is 311 g/mol. The Bertz CT molecular complexity index is 610. The van der Waals surface area contributed by atoms with Gasteiger partial charge in [0.2, 0.25) is 0 Å². The first-order valence-corrected chi connectivity index (χ1v) is 8.09. The fourth-order valence-electron chi connectivity index (χ4n) is 3.80. The lowest BCUT2D eigenvalue weighted by atomic mass is 9.77. The SMILES string of the molecule is CNC1(C(=O)O)c2cc(OC)c(CN)cc2CC1CCCB(O)O. The first-order chi connectivity index (χ1) is 11.4. The Morgan fingerprint density at radius 3 is 2.71 bits per heavy atom. The topological polar surface area (TPSA) is 125 Å². The molecule has 0 radical (unpaired) electrons. The van der Waals surface area contributed by atoms with Crippen LogP contribution in [0.4, 0.5) is 0 Å². The second kappa shape index (κ2) is 7.52. The van der Waals surface area contributed by atoms with Crippen molar-refractivity contribution in [3.05, 3.63) is 28.8 Å². The summed E-state index contributed by atoms with van der Waals surface area (Å²) >= 11 is 0. The minimum Gasteiger partial charge on any atom is -0.496 e. The van der Waals surface area contributed by atoms with Gasteiger partial charge in [0.15, 0.2) is 0 Å². The predicted octanol–water partition coefficient (Wildman–Crippen LogP) is 0.0785. The van der Waals surface area contributed by atoms with Crippen LogP contribution in [0, 0.1) is 5.92 Å². The van der Waals surface area contributed by atoms with Crippen molar-refractivity contribution >= 4 is 13.1 Å². The van der Waals surface area contributed by atoms with Crippen LogP contribution in [0.15, 0.2) is 12.1 Å². The third kappa shape index (κ3) is 3.14. The van der Waals surface area contributed by atoms with E-state index in [1.54, 1.807) is 13.1 Å². The fraction of sp³-hybridized carbons (Fsp3) is 0.562. The first kappa shape index (κ1) is 18.7. The molecule has 0 heterocycles. The standard InChI is InChI=1S/C16H25BN2O5/c1-19-16(15(20)21)12(4-3-5-17(22)23)7-10-6-11(9-18)14(24-2)8-13(10)16/h6,8,12,19,22-23H,3-5,7,9,18H2,1-2H3,(H,20,21). The van der Waals surface area contributed by atoms with E-state index in [1.165, 1.54) is 7.11 Å². The van der Waals surface area contributed by atoms with Crippen molar-refractivity contribution in [2.24, 2.45) is 11.7 Å². The number of fused-ring (bicyclic) bond motifs is 1. The number of nitrogens with two attached hydrogens (primary N) is 1. The van der Waals surface area contributed by atoms with Crippen LogP contribution >= 0.6 is 0 Å². The minimum absolute atomic E-state index is 0.188. The average molecular weight is 336 g/mol. The van der Waals surface area contributed by atoms with Crippen molar-refractivity contribution in [3.8, 4) is 5.75 Å². The molecule has 0 saturated carbocycles. The van der Waals surface area contributed by atoms with Crippen molar-refractivity contribution < 1.29 is 24.7 Å². The Labute approximate surface area is 142 Å². The monoisotopic (exact) mass is 336 g/mol. The van der Waals surface area contributed by atoms with E-state index in [1.807, 2.05) is 6.07 Å². The normalized spacial score (nSPS) is 22.3. The Kier molecular flexibility index (Phi) is 5.87. The van der Waals surface area contributed by atoms with E-state index in [4.69, 9.17) is 20.5 Å². The summed E-state index contributed by atoms with van der Waals surface area (Å²) in [5.41, 5.74) is 7.04. The van der Waals surface area contributed by atoms with Gasteiger partial charge in [-0.25, -0.2) is 4.79 Å². The van der Waals surface area contributed by atoms with Crippen LogP contribution in [0.25, 0.3) is 0 Å². The van der Waals surface area contributed by atoms with E-state index in [0.717, 1.165) is 11.1 Å². The number of benzene rings is 1. The molecule has 132 valence electrons. The number of aliphatic carboxylic acids is 1. The fourth-order valence-corrected chi connectivity index (χ4v) is 3.80. The highest BCUT2D eigenvalue weighted by molar-refractivity contribution is 6.40. The highest BCUT2D eigenvalue weighted by Crippen LogP contribution is 2.46. The van der Waals surface area contributed by atoms with Gasteiger partial charge in [0.05, 0.1) is 7.11 Å². The molecule has 0 bridgehead atoms. The zero-order chi connectivity index (χ0) is 17.9. The van der Waals surface area contributed by atoms with E-state index in [9.17, 15) is 9.90 Å². The summed E-state index contributed by atoms with van der Waals surface area (Å²) in [7, 11) is 1.81. The maximum absolute atomic E-state index is 12.2. The molecule has 0 spiro atoms. The van der Waals surface area contributed by atoms with E-state index in [-0.39, 0.29) is 12.2 Å². The second-order valence-electron chi connectivity index (χ2n) is 6.20. The number of carbonyl (C=O) groups is 1. The Morgan fingerprint density at radius 1 is 1.50 bits per heavy atom. The summed E-state index contributed by atoms with van der Waals surface area (Å²) in [5, 5.41) is 31.0. The van der Waals surface area contributed by atoms with Gasteiger partial charge in [0.25, 0.3) is 0 Å². The smallest absolute Gasteiger partial charge is 0.451 e. The Hall–Kier alpha value is -1.61. The van der Waals surface area contributed by atoms with Gasteiger partial charge < -0.3 is 30.9 Å². The van der Waals surface area contributed by atoms with Crippen LogP contribution < -0.4 is 15.8 Å². The molecule has 1 aliphatic carbocycles. The van der Waals surface area contributed by atoms with Gasteiger partial charge in [-0.1, -0.05) is 12.5 Å². The molecule has 6 N–H and O–H groups in total. The molecule has 2 rings (SSSR count). The van der Waals surface area contributed by atoms with Crippen molar-refractivity contribution in [2.45, 2.75) is 37.7 Å². The lowest BCUT2D eigenvalue weighted by molar-refractivity contribution is -0.147. The third-order valence-corrected chi connectivity index (χ3v) is 4.98. The van der Waals surface area contributed by atoms with Crippen molar-refractivity contribution in [1.82, 2.24) is 5.32 Å². The zero-order valence-corrected chi connectivity index (χ0v) is 14.1. The molecule has 0 aromatic heterocycles. The van der Waals surface area contributed by atoms with Gasteiger partial charge in [-0.2, -0.15) is 0 Å². The first-order valence-electron chi connectivity index (χ1n) is 8.09. The summed E-state index contributed by atoms with van der Waals surface area (Å²) in [4.78, 5) is 12.2. The molecule has 24 heavy (non-hydrogen) atoms. The third-order valence-electron chi connectivity index (χ3n) is 4.98. The van der Waals surface area contributed by atoms with E-state index in [2.05, 4.69) is 5.32 Å². The zero-order valence-electron chi connectivity index (χ0n) is 14.1. The van der Waals surface area contributed by atoms with Crippen molar-refractivity contribution in [2.75, 3.05) is 14.2 Å². The number of carboxylic acids is 1. The second-order valence-corrected chi connectivity index (χ2v) is 6.20. The molecule has 2 atom stereocenters. The number of ether oxygens (including phenoxy) is 1. The van der Waals surface area contributed by atoms with Crippen molar-refractivity contribution in [3.63, 3.8) is 0 Å². The highest BCUT2D eigenvalue weighted by Gasteiger charge is 2.52. The molecule has 1 aromatic rings. The number of hydrogen-bond acceptors (Lipinski definition) is 6. The summed E-state index contributed by atoms with van der Waals surface area (Å²) in [6, 6.07) is 3.69. The summed E-state index contributed by atoms with van der Waals surface area (Å²) in [6.07, 6.45) is 1.93. The van der Waals surface area contributed by atoms with E-state index >= 15 is 0 Å². The van der Waals surface area contributed by atoms with E-state index in [0.29, 0.717) is 37.1 Å². The molecule has 8 heteroatoms. The largest absolute Gasteiger partial charge is 0.496 e. The number of methoxy groups -OCH3 is 1. The van der Waals surface area contributed by atoms with Crippen LogP contribution in [0.1, 0.15) is 29.5 Å². The van der Waals surface area contributed by atoms with Crippen LogP contribution in [0.3, 0.4) is 0 Å². The lowest BCUT2D eigenvalue weighted by Gasteiger charge is -2.32. The maximum atomic E-state index is 12.2. The lowest BCUT2D eigenvalue weighted by Crippen LogP contribution is -2.51. The Morgan fingerprint density at radius 2 is 2.21 bits per heavy atom. The molecule has 7 nitrogen and oxygen atoms in total. The molecule has 2 unspecified atom stereocenters. The average Bonchev–Trinajstić information content (AvgIpc) is 2.86. The number of nitrogens with one attached hydrogen (secondary N) is 1. The van der Waals surface area contributed by atoms with Crippen LogP contribution in [-0.2, 0) is 23.3 Å². The molecular formula is C16H25BN2O5. The van der Waals surface area contributed by atoms with Crippen molar-refractivity contribution in [1.29, 1.82) is 0 Å². The highest BCUT2D eigenvalue weighted by atomic mass is 16.5. The molecule has 0 aliphatic heterocycles. The van der Waals surface area contributed by atoms with Crippen LogP contribution in [0.2, 0.25) is 6.32 Å². The molecule has 1 aliphatic rings. The summed E-state index contributed by atoms with van der Waals surface area (Å²) in [6.45, 7) is 0.317. The number of hydrogen-bond donors (Lipinski definition) is 5. The number of carboxylic acid groups (broad SMARTS) is 1. The van der Waals surface area contributed by atoms with Gasteiger partial charge in [-0.15, -0.1) is 0 Å². The summed E-state index contributed by atoms with van der Waals surface area (Å²) < 4.78 is 5.36. The van der Waals surface area contributed by atoms with Gasteiger partial charge in [-0.3, -0.25) is 0 Å². The maximum Gasteiger partial charge on any atom is 0.451 e.